The smallest absolute Gasteiger partial charge is 0.195 e. The Morgan fingerprint density at radius 2 is 2.23 bits per heavy atom. The van der Waals surface area contributed by atoms with Gasteiger partial charge in [0.05, 0.1) is 12.3 Å². The van der Waals surface area contributed by atoms with Gasteiger partial charge in [0, 0.05) is 18.8 Å². The van der Waals surface area contributed by atoms with Gasteiger partial charge in [0.1, 0.15) is 11.6 Å². The van der Waals surface area contributed by atoms with E-state index in [2.05, 4.69) is 10.2 Å². The van der Waals surface area contributed by atoms with E-state index in [9.17, 15) is 4.39 Å². The molecule has 22 heavy (non-hydrogen) atoms. The molecule has 0 radical (unpaired) electrons. The van der Waals surface area contributed by atoms with Crippen molar-refractivity contribution in [1.82, 2.24) is 14.8 Å². The van der Waals surface area contributed by atoms with Gasteiger partial charge in [0.15, 0.2) is 5.16 Å². The van der Waals surface area contributed by atoms with Gasteiger partial charge in [-0.25, -0.2) is 4.39 Å². The highest BCUT2D eigenvalue weighted by Gasteiger charge is 2.20. The minimum absolute atomic E-state index is 0.286. The Kier molecular flexibility index (Phi) is 5.07. The van der Waals surface area contributed by atoms with Crippen molar-refractivity contribution in [3.05, 3.63) is 35.9 Å². The molecular weight excluding hydrogens is 303 g/mol. The number of nitrogens with two attached hydrogens (primary N) is 1. The zero-order valence-electron chi connectivity index (χ0n) is 12.2. The van der Waals surface area contributed by atoms with Gasteiger partial charge in [-0.05, 0) is 31.0 Å². The SMILES string of the molecule is NCCc1nnc(SC[C@H]2CCOC2)n1-c1ccccc1F. The lowest BCUT2D eigenvalue weighted by Gasteiger charge is -2.12. The molecular formula is C15H19FN4OS. The molecule has 2 aromatic rings. The van der Waals surface area contributed by atoms with Crippen molar-refractivity contribution in [2.24, 2.45) is 11.7 Å². The molecule has 0 spiro atoms. The molecule has 1 aromatic carbocycles. The van der Waals surface area contributed by atoms with E-state index in [1.807, 2.05) is 6.07 Å². The van der Waals surface area contributed by atoms with E-state index in [-0.39, 0.29) is 5.82 Å². The van der Waals surface area contributed by atoms with E-state index in [4.69, 9.17) is 10.5 Å². The topological polar surface area (TPSA) is 66.0 Å². The van der Waals surface area contributed by atoms with Gasteiger partial charge in [-0.15, -0.1) is 10.2 Å². The Morgan fingerprint density at radius 3 is 2.95 bits per heavy atom. The van der Waals surface area contributed by atoms with Crippen molar-refractivity contribution in [1.29, 1.82) is 0 Å². The van der Waals surface area contributed by atoms with Crippen molar-refractivity contribution in [2.45, 2.75) is 18.0 Å². The second-order valence-electron chi connectivity index (χ2n) is 5.26. The number of rotatable bonds is 6. The number of hydrogen-bond acceptors (Lipinski definition) is 5. The summed E-state index contributed by atoms with van der Waals surface area (Å²) in [5, 5.41) is 9.12. The van der Waals surface area contributed by atoms with Gasteiger partial charge >= 0.3 is 0 Å². The van der Waals surface area contributed by atoms with E-state index < -0.39 is 0 Å². The monoisotopic (exact) mass is 322 g/mol. The van der Waals surface area contributed by atoms with Gasteiger partial charge in [0.25, 0.3) is 0 Å². The summed E-state index contributed by atoms with van der Waals surface area (Å²) >= 11 is 1.60. The van der Waals surface area contributed by atoms with Crippen LogP contribution in [0.3, 0.4) is 0 Å². The summed E-state index contributed by atoms with van der Waals surface area (Å²) in [6, 6.07) is 6.67. The summed E-state index contributed by atoms with van der Waals surface area (Å²) in [5.41, 5.74) is 6.10. The van der Waals surface area contributed by atoms with Crippen molar-refractivity contribution < 1.29 is 9.13 Å². The van der Waals surface area contributed by atoms with E-state index in [1.54, 1.807) is 28.5 Å². The van der Waals surface area contributed by atoms with Crippen LogP contribution in [0.25, 0.3) is 5.69 Å². The first-order valence-electron chi connectivity index (χ1n) is 7.39. The van der Waals surface area contributed by atoms with Crippen LogP contribution in [-0.2, 0) is 11.2 Å². The lowest BCUT2D eigenvalue weighted by molar-refractivity contribution is 0.189. The molecule has 0 aliphatic carbocycles. The first kappa shape index (κ1) is 15.5. The lowest BCUT2D eigenvalue weighted by atomic mass is 10.2. The molecule has 0 saturated carbocycles. The standard InChI is InChI=1S/C15H19FN4OS/c16-12-3-1-2-4-13(12)20-14(5-7-17)18-19-15(20)22-10-11-6-8-21-9-11/h1-4,11H,5-10,17H2/t11-/m0/s1. The maximum Gasteiger partial charge on any atom is 0.195 e. The molecule has 0 unspecified atom stereocenters. The highest BCUT2D eigenvalue weighted by Crippen LogP contribution is 2.27. The zero-order valence-corrected chi connectivity index (χ0v) is 13.1. The minimum atomic E-state index is -0.286. The Morgan fingerprint density at radius 1 is 1.36 bits per heavy atom. The summed E-state index contributed by atoms with van der Waals surface area (Å²) < 4.78 is 21.3. The van der Waals surface area contributed by atoms with Gasteiger partial charge in [-0.3, -0.25) is 4.57 Å². The van der Waals surface area contributed by atoms with Crippen molar-refractivity contribution in [2.75, 3.05) is 25.5 Å². The van der Waals surface area contributed by atoms with E-state index >= 15 is 0 Å². The molecule has 1 atom stereocenters. The largest absolute Gasteiger partial charge is 0.381 e. The second kappa shape index (κ2) is 7.21. The highest BCUT2D eigenvalue weighted by atomic mass is 32.2. The zero-order chi connectivity index (χ0) is 15.4. The predicted molar refractivity (Wildman–Crippen MR) is 83.7 cm³/mol. The molecule has 1 fully saturated rings. The third-order valence-electron chi connectivity index (χ3n) is 3.63. The third-order valence-corrected chi connectivity index (χ3v) is 4.79. The van der Waals surface area contributed by atoms with Gasteiger partial charge in [-0.2, -0.15) is 0 Å². The fourth-order valence-corrected chi connectivity index (χ4v) is 3.55. The summed E-state index contributed by atoms with van der Waals surface area (Å²) in [6.45, 7) is 2.06. The maximum atomic E-state index is 14.2. The summed E-state index contributed by atoms with van der Waals surface area (Å²) in [5.74, 6) is 1.83. The molecule has 1 aliphatic rings. The average Bonchev–Trinajstić information content (AvgIpc) is 3.16. The van der Waals surface area contributed by atoms with Crippen LogP contribution in [0.5, 0.6) is 0 Å². The van der Waals surface area contributed by atoms with E-state index in [1.165, 1.54) is 6.07 Å². The normalized spacial score (nSPS) is 18.0. The predicted octanol–water partition coefficient (Wildman–Crippen LogP) is 2.04. The molecule has 5 nitrogen and oxygen atoms in total. The first-order chi connectivity index (χ1) is 10.8. The molecule has 2 N–H and O–H groups in total. The number of hydrogen-bond donors (Lipinski definition) is 1. The van der Waals surface area contributed by atoms with Crippen LogP contribution in [0.1, 0.15) is 12.2 Å². The maximum absolute atomic E-state index is 14.2. The molecule has 7 heteroatoms. The van der Waals surface area contributed by atoms with Crippen LogP contribution in [0.15, 0.2) is 29.4 Å². The molecule has 3 rings (SSSR count). The van der Waals surface area contributed by atoms with Crippen LogP contribution in [0.2, 0.25) is 0 Å². The van der Waals surface area contributed by atoms with Crippen LogP contribution < -0.4 is 5.73 Å². The number of halogens is 1. The molecule has 1 aromatic heterocycles. The Balaban J connectivity index is 1.87. The fourth-order valence-electron chi connectivity index (χ4n) is 2.47. The minimum Gasteiger partial charge on any atom is -0.381 e. The van der Waals surface area contributed by atoms with Gasteiger partial charge in [-0.1, -0.05) is 23.9 Å². The molecule has 0 bridgehead atoms. The van der Waals surface area contributed by atoms with Crippen LogP contribution in [0.4, 0.5) is 4.39 Å². The number of nitrogens with zero attached hydrogens (tertiary/aromatic N) is 3. The van der Waals surface area contributed by atoms with Crippen molar-refractivity contribution in [3.8, 4) is 5.69 Å². The van der Waals surface area contributed by atoms with Crippen LogP contribution >= 0.6 is 11.8 Å². The highest BCUT2D eigenvalue weighted by molar-refractivity contribution is 7.99. The fraction of sp³-hybridized carbons (Fsp3) is 0.467. The molecule has 0 amide bonds. The summed E-state index contributed by atoms with van der Waals surface area (Å²) in [4.78, 5) is 0. The summed E-state index contributed by atoms with van der Waals surface area (Å²) in [7, 11) is 0. The van der Waals surface area contributed by atoms with Crippen molar-refractivity contribution in [3.63, 3.8) is 0 Å². The Hall–Kier alpha value is -1.44. The van der Waals surface area contributed by atoms with Gasteiger partial charge in [0.2, 0.25) is 0 Å². The van der Waals surface area contributed by atoms with E-state index in [0.29, 0.717) is 35.6 Å². The van der Waals surface area contributed by atoms with Crippen LogP contribution in [-0.4, -0.2) is 40.3 Å². The van der Waals surface area contributed by atoms with E-state index in [0.717, 1.165) is 25.4 Å². The average molecular weight is 322 g/mol. The molecule has 2 heterocycles. The van der Waals surface area contributed by atoms with Crippen molar-refractivity contribution >= 4 is 11.8 Å². The molecule has 1 saturated heterocycles. The number of ether oxygens (including phenoxy) is 1. The number of para-hydroxylation sites is 1. The Bertz CT molecular complexity index is 628. The lowest BCUT2D eigenvalue weighted by Crippen LogP contribution is -2.11. The second-order valence-corrected chi connectivity index (χ2v) is 6.25. The van der Waals surface area contributed by atoms with Crippen LogP contribution in [0, 0.1) is 11.7 Å². The molecule has 1 aliphatic heterocycles. The summed E-state index contributed by atoms with van der Waals surface area (Å²) in [6.07, 6.45) is 1.63. The first-order valence-corrected chi connectivity index (χ1v) is 8.38. The molecule has 118 valence electrons. The quantitative estimate of drug-likeness (QED) is 0.825. The number of thioether (sulfide) groups is 1. The third kappa shape index (κ3) is 3.31. The Labute approximate surface area is 133 Å². The number of aromatic nitrogens is 3. The number of benzene rings is 1. The van der Waals surface area contributed by atoms with Gasteiger partial charge < -0.3 is 10.5 Å².